The van der Waals surface area contributed by atoms with E-state index in [4.69, 9.17) is 23.2 Å². The quantitative estimate of drug-likeness (QED) is 0.779. The summed E-state index contributed by atoms with van der Waals surface area (Å²) in [5.74, 6) is -0.528. The Hall–Kier alpha value is -0.510. The minimum atomic E-state index is -0.528. The Morgan fingerprint density at radius 3 is 2.40 bits per heavy atom. The molecule has 2 aliphatic rings. The standard InChI is InChI=1S/C15H19Cl2FN2/c16-12-8-11(9-13(17)14(12)18)20-7-6-19-15(10-20)4-2-1-3-5-15/h8-9,19H,1-7,10H2. The summed E-state index contributed by atoms with van der Waals surface area (Å²) in [6.07, 6.45) is 6.33. The number of hydrogen-bond donors (Lipinski definition) is 1. The number of piperazine rings is 1. The minimum absolute atomic E-state index is 0.101. The molecule has 1 saturated carbocycles. The summed E-state index contributed by atoms with van der Waals surface area (Å²) in [5.41, 5.74) is 1.14. The predicted molar refractivity (Wildman–Crippen MR) is 82.5 cm³/mol. The van der Waals surface area contributed by atoms with Crippen molar-refractivity contribution in [2.45, 2.75) is 37.6 Å². The van der Waals surface area contributed by atoms with E-state index in [1.807, 2.05) is 0 Å². The molecule has 1 N–H and O–H groups in total. The monoisotopic (exact) mass is 316 g/mol. The van der Waals surface area contributed by atoms with Gasteiger partial charge in [-0.05, 0) is 25.0 Å². The van der Waals surface area contributed by atoms with Crippen LogP contribution in [0.1, 0.15) is 32.1 Å². The summed E-state index contributed by atoms with van der Waals surface area (Å²) in [5, 5.41) is 3.89. The largest absolute Gasteiger partial charge is 0.368 e. The second-order valence-electron chi connectivity index (χ2n) is 5.91. The zero-order valence-electron chi connectivity index (χ0n) is 11.4. The third-order valence-corrected chi connectivity index (χ3v) is 5.07. The van der Waals surface area contributed by atoms with Gasteiger partial charge in [-0.25, -0.2) is 4.39 Å². The van der Waals surface area contributed by atoms with Crippen LogP contribution >= 0.6 is 23.2 Å². The smallest absolute Gasteiger partial charge is 0.160 e. The number of anilines is 1. The van der Waals surface area contributed by atoms with Gasteiger partial charge in [0.15, 0.2) is 5.82 Å². The normalized spacial score (nSPS) is 22.2. The molecule has 110 valence electrons. The first kappa shape index (κ1) is 14.4. The van der Waals surface area contributed by atoms with E-state index < -0.39 is 5.82 Å². The van der Waals surface area contributed by atoms with E-state index in [9.17, 15) is 4.39 Å². The van der Waals surface area contributed by atoms with Gasteiger partial charge in [-0.15, -0.1) is 0 Å². The van der Waals surface area contributed by atoms with Crippen molar-refractivity contribution in [3.63, 3.8) is 0 Å². The summed E-state index contributed by atoms with van der Waals surface area (Å²) < 4.78 is 13.5. The number of benzene rings is 1. The maximum absolute atomic E-state index is 13.5. The van der Waals surface area contributed by atoms with Crippen LogP contribution < -0.4 is 10.2 Å². The average Bonchev–Trinajstić information content (AvgIpc) is 2.45. The van der Waals surface area contributed by atoms with Gasteiger partial charge in [-0.3, -0.25) is 0 Å². The lowest BCUT2D eigenvalue weighted by molar-refractivity contribution is 0.216. The SMILES string of the molecule is Fc1c(Cl)cc(N2CCNC3(CCCCC3)C2)cc1Cl. The van der Waals surface area contributed by atoms with Gasteiger partial charge in [0.05, 0.1) is 10.0 Å². The van der Waals surface area contributed by atoms with E-state index >= 15 is 0 Å². The first-order valence-corrected chi connectivity index (χ1v) is 8.00. The molecule has 2 fully saturated rings. The summed E-state index contributed by atoms with van der Waals surface area (Å²) in [6.45, 7) is 2.80. The first-order valence-electron chi connectivity index (χ1n) is 7.24. The number of nitrogens with one attached hydrogen (secondary N) is 1. The lowest BCUT2D eigenvalue weighted by Crippen LogP contribution is -2.61. The molecule has 1 saturated heterocycles. The van der Waals surface area contributed by atoms with Gasteiger partial charge < -0.3 is 10.2 Å². The Morgan fingerprint density at radius 2 is 1.75 bits per heavy atom. The molecular formula is C15H19Cl2FN2. The van der Waals surface area contributed by atoms with Crippen LogP contribution in [-0.4, -0.2) is 25.2 Å². The average molecular weight is 317 g/mol. The zero-order valence-corrected chi connectivity index (χ0v) is 12.9. The number of halogens is 3. The molecule has 5 heteroatoms. The fourth-order valence-electron chi connectivity index (χ4n) is 3.46. The Labute approximate surface area is 129 Å². The third-order valence-electron chi connectivity index (χ3n) is 4.52. The van der Waals surface area contributed by atoms with Crippen molar-refractivity contribution in [3.8, 4) is 0 Å². The highest BCUT2D eigenvalue weighted by atomic mass is 35.5. The summed E-state index contributed by atoms with van der Waals surface area (Å²) in [7, 11) is 0. The molecule has 1 aromatic rings. The van der Waals surface area contributed by atoms with Crippen molar-refractivity contribution in [2.75, 3.05) is 24.5 Å². The Bertz CT molecular complexity index is 472. The van der Waals surface area contributed by atoms with E-state index in [1.54, 1.807) is 12.1 Å². The van der Waals surface area contributed by atoms with Crippen LogP contribution in [0.15, 0.2) is 12.1 Å². The topological polar surface area (TPSA) is 15.3 Å². The van der Waals surface area contributed by atoms with Crippen molar-refractivity contribution in [1.82, 2.24) is 5.32 Å². The van der Waals surface area contributed by atoms with Crippen LogP contribution in [0, 0.1) is 5.82 Å². The zero-order chi connectivity index (χ0) is 14.2. The van der Waals surface area contributed by atoms with E-state index in [2.05, 4.69) is 10.2 Å². The van der Waals surface area contributed by atoms with Gasteiger partial charge >= 0.3 is 0 Å². The van der Waals surface area contributed by atoms with E-state index in [-0.39, 0.29) is 15.6 Å². The molecule has 0 aromatic heterocycles. The van der Waals surface area contributed by atoms with Crippen LogP contribution in [0.25, 0.3) is 0 Å². The minimum Gasteiger partial charge on any atom is -0.368 e. The molecule has 20 heavy (non-hydrogen) atoms. The summed E-state index contributed by atoms with van der Waals surface area (Å²) in [6, 6.07) is 3.37. The number of nitrogens with zero attached hydrogens (tertiary/aromatic N) is 1. The molecule has 0 radical (unpaired) electrons. The Kier molecular flexibility index (Phi) is 4.11. The lowest BCUT2D eigenvalue weighted by Gasteiger charge is -2.47. The van der Waals surface area contributed by atoms with Crippen LogP contribution in [0.3, 0.4) is 0 Å². The van der Waals surface area contributed by atoms with Crippen LogP contribution in [0.2, 0.25) is 10.0 Å². The highest BCUT2D eigenvalue weighted by molar-refractivity contribution is 6.35. The van der Waals surface area contributed by atoms with E-state index in [0.717, 1.165) is 25.3 Å². The van der Waals surface area contributed by atoms with Gasteiger partial charge in [0, 0.05) is 30.9 Å². The third kappa shape index (κ3) is 2.76. The van der Waals surface area contributed by atoms with Gasteiger partial charge in [-0.2, -0.15) is 0 Å². The highest BCUT2D eigenvalue weighted by Gasteiger charge is 2.36. The maximum atomic E-state index is 13.5. The summed E-state index contributed by atoms with van der Waals surface area (Å²) in [4.78, 5) is 2.28. The molecule has 1 aliphatic carbocycles. The van der Waals surface area contributed by atoms with Crippen LogP contribution in [0.5, 0.6) is 0 Å². The highest BCUT2D eigenvalue weighted by Crippen LogP contribution is 2.34. The second kappa shape index (κ2) is 5.70. The molecule has 0 bridgehead atoms. The Morgan fingerprint density at radius 1 is 1.10 bits per heavy atom. The molecule has 1 spiro atoms. The van der Waals surface area contributed by atoms with Gasteiger partial charge in [0.1, 0.15) is 0 Å². The van der Waals surface area contributed by atoms with Gasteiger partial charge in [0.25, 0.3) is 0 Å². The fourth-order valence-corrected chi connectivity index (χ4v) is 3.94. The molecule has 0 unspecified atom stereocenters. The van der Waals surface area contributed by atoms with Crippen LogP contribution in [-0.2, 0) is 0 Å². The molecule has 2 nitrogen and oxygen atoms in total. The van der Waals surface area contributed by atoms with Crippen molar-refractivity contribution in [1.29, 1.82) is 0 Å². The fraction of sp³-hybridized carbons (Fsp3) is 0.600. The second-order valence-corrected chi connectivity index (χ2v) is 6.73. The predicted octanol–water partition coefficient (Wildman–Crippen LogP) is 4.25. The van der Waals surface area contributed by atoms with Crippen LogP contribution in [0.4, 0.5) is 10.1 Å². The summed E-state index contributed by atoms with van der Waals surface area (Å²) >= 11 is 11.8. The molecule has 0 amide bonds. The molecule has 3 rings (SSSR count). The first-order chi connectivity index (χ1) is 9.60. The van der Waals surface area contributed by atoms with Gasteiger partial charge in [0.2, 0.25) is 0 Å². The van der Waals surface area contributed by atoms with Crippen molar-refractivity contribution in [3.05, 3.63) is 28.0 Å². The molecular weight excluding hydrogens is 298 g/mol. The van der Waals surface area contributed by atoms with E-state index in [0.29, 0.717) is 0 Å². The lowest BCUT2D eigenvalue weighted by atomic mass is 9.80. The van der Waals surface area contributed by atoms with E-state index in [1.165, 1.54) is 32.1 Å². The van der Waals surface area contributed by atoms with Gasteiger partial charge in [-0.1, -0.05) is 42.5 Å². The maximum Gasteiger partial charge on any atom is 0.160 e. The molecule has 1 heterocycles. The number of hydrogen-bond acceptors (Lipinski definition) is 2. The molecule has 0 atom stereocenters. The van der Waals surface area contributed by atoms with Crippen molar-refractivity contribution < 1.29 is 4.39 Å². The number of rotatable bonds is 1. The van der Waals surface area contributed by atoms with Crippen molar-refractivity contribution in [2.24, 2.45) is 0 Å². The molecule has 1 aromatic carbocycles. The Balaban J connectivity index is 1.83. The molecule has 1 aliphatic heterocycles. The van der Waals surface area contributed by atoms with Crippen molar-refractivity contribution >= 4 is 28.9 Å².